The van der Waals surface area contributed by atoms with E-state index in [1.54, 1.807) is 0 Å². The molecule has 0 amide bonds. The number of nitrogens with one attached hydrogen (secondary N) is 1. The number of hydrogen-bond acceptors (Lipinski definition) is 4. The number of hydrogen-bond donors (Lipinski definition) is 1. The van der Waals surface area contributed by atoms with Crippen LogP contribution in [0.3, 0.4) is 0 Å². The molecule has 4 rings (SSSR count). The third-order valence-electron chi connectivity index (χ3n) is 6.05. The van der Waals surface area contributed by atoms with E-state index in [2.05, 4.69) is 45.4 Å². The second-order valence-electron chi connectivity index (χ2n) is 8.14. The Hall–Kier alpha value is -1.65. The number of benzene rings is 1. The summed E-state index contributed by atoms with van der Waals surface area (Å²) in [5.41, 5.74) is 2.47. The van der Waals surface area contributed by atoms with E-state index in [4.69, 9.17) is 4.98 Å². The Morgan fingerprint density at radius 1 is 0.852 bits per heavy atom. The molecule has 1 aromatic heterocycles. The molecular weight excluding hydrogens is 332 g/mol. The van der Waals surface area contributed by atoms with Gasteiger partial charge in [-0.15, -0.1) is 0 Å². The molecule has 0 atom stereocenters. The van der Waals surface area contributed by atoms with E-state index >= 15 is 0 Å². The van der Waals surface area contributed by atoms with Crippen molar-refractivity contribution in [2.45, 2.75) is 51.5 Å². The third kappa shape index (κ3) is 4.99. The first kappa shape index (κ1) is 18.7. The number of rotatable bonds is 6. The topological polar surface area (TPSA) is 31.4 Å². The summed E-state index contributed by atoms with van der Waals surface area (Å²) in [6, 6.07) is 10.9. The second kappa shape index (κ2) is 9.52. The number of pyridine rings is 1. The Morgan fingerprint density at radius 2 is 1.56 bits per heavy atom. The average molecular weight is 367 g/mol. The first-order valence-electron chi connectivity index (χ1n) is 11.0. The lowest BCUT2D eigenvalue weighted by atomic mass is 10.1. The van der Waals surface area contributed by atoms with Crippen LogP contribution in [0.1, 0.15) is 50.5 Å². The van der Waals surface area contributed by atoms with E-state index in [1.165, 1.54) is 81.3 Å². The molecule has 0 aliphatic carbocycles. The highest BCUT2D eigenvalue weighted by molar-refractivity contribution is 5.81. The maximum atomic E-state index is 5.06. The van der Waals surface area contributed by atoms with Gasteiger partial charge in [0, 0.05) is 43.7 Å². The number of piperidine rings is 1. The van der Waals surface area contributed by atoms with Crippen LogP contribution < -0.4 is 10.2 Å². The van der Waals surface area contributed by atoms with Crippen LogP contribution in [0.2, 0.25) is 0 Å². The predicted molar refractivity (Wildman–Crippen MR) is 114 cm³/mol. The Kier molecular flexibility index (Phi) is 6.59. The van der Waals surface area contributed by atoms with Gasteiger partial charge in [-0.2, -0.15) is 0 Å². The fourth-order valence-corrected chi connectivity index (χ4v) is 4.48. The normalized spacial score (nSPS) is 19.3. The molecule has 0 saturated carbocycles. The molecule has 0 radical (unpaired) electrons. The Labute approximate surface area is 163 Å². The highest BCUT2D eigenvalue weighted by Gasteiger charge is 2.17. The molecule has 2 aliphatic rings. The first-order valence-corrected chi connectivity index (χ1v) is 11.0. The average Bonchev–Trinajstić information content (AvgIpc) is 3.00. The Morgan fingerprint density at radius 3 is 2.37 bits per heavy atom. The molecule has 0 unspecified atom stereocenters. The highest BCUT2D eigenvalue weighted by Crippen LogP contribution is 2.26. The molecule has 4 heteroatoms. The van der Waals surface area contributed by atoms with E-state index in [0.717, 1.165) is 31.7 Å². The number of anilines is 1. The van der Waals surface area contributed by atoms with Gasteiger partial charge in [-0.25, -0.2) is 4.98 Å². The molecule has 27 heavy (non-hydrogen) atoms. The van der Waals surface area contributed by atoms with E-state index in [-0.39, 0.29) is 0 Å². The van der Waals surface area contributed by atoms with Crippen LogP contribution in [0.4, 0.5) is 5.82 Å². The maximum absolute atomic E-state index is 5.06. The molecule has 2 fully saturated rings. The lowest BCUT2D eigenvalue weighted by Crippen LogP contribution is -2.34. The third-order valence-corrected chi connectivity index (χ3v) is 6.05. The summed E-state index contributed by atoms with van der Waals surface area (Å²) in [7, 11) is 0. The zero-order valence-electron chi connectivity index (χ0n) is 16.6. The van der Waals surface area contributed by atoms with Gasteiger partial charge in [0.15, 0.2) is 0 Å². The smallest absolute Gasteiger partial charge is 0.133 e. The van der Waals surface area contributed by atoms with Gasteiger partial charge in [0.2, 0.25) is 0 Å². The van der Waals surface area contributed by atoms with Gasteiger partial charge < -0.3 is 15.1 Å². The van der Waals surface area contributed by atoms with Crippen molar-refractivity contribution in [2.75, 3.05) is 44.2 Å². The van der Waals surface area contributed by atoms with E-state index in [0.29, 0.717) is 0 Å². The Bertz CT molecular complexity index is 715. The maximum Gasteiger partial charge on any atom is 0.133 e. The molecule has 2 saturated heterocycles. The van der Waals surface area contributed by atoms with E-state index < -0.39 is 0 Å². The predicted octanol–water partition coefficient (Wildman–Crippen LogP) is 4.19. The minimum atomic E-state index is 0.914. The van der Waals surface area contributed by atoms with Crippen molar-refractivity contribution in [3.8, 4) is 0 Å². The van der Waals surface area contributed by atoms with Crippen molar-refractivity contribution in [2.24, 2.45) is 0 Å². The fraction of sp³-hybridized carbons (Fsp3) is 0.609. The van der Waals surface area contributed by atoms with Crippen LogP contribution in [0.15, 0.2) is 30.3 Å². The number of likely N-dealkylation sites (tertiary alicyclic amines) is 1. The zero-order valence-corrected chi connectivity index (χ0v) is 16.6. The van der Waals surface area contributed by atoms with Crippen molar-refractivity contribution < 1.29 is 0 Å². The van der Waals surface area contributed by atoms with Gasteiger partial charge >= 0.3 is 0 Å². The summed E-state index contributed by atoms with van der Waals surface area (Å²) in [6.45, 7) is 7.98. The fourth-order valence-electron chi connectivity index (χ4n) is 4.48. The second-order valence-corrected chi connectivity index (χ2v) is 8.14. The quantitative estimate of drug-likeness (QED) is 0.777. The molecule has 1 aromatic carbocycles. The van der Waals surface area contributed by atoms with Crippen molar-refractivity contribution in [3.05, 3.63) is 35.9 Å². The summed E-state index contributed by atoms with van der Waals surface area (Å²) < 4.78 is 0. The summed E-state index contributed by atoms with van der Waals surface area (Å²) in [5, 5.41) is 4.96. The molecule has 1 N–H and O–H groups in total. The van der Waals surface area contributed by atoms with Gasteiger partial charge in [-0.3, -0.25) is 0 Å². The molecule has 0 bridgehead atoms. The number of para-hydroxylation sites is 1. The summed E-state index contributed by atoms with van der Waals surface area (Å²) in [5.74, 6) is 1.20. The van der Waals surface area contributed by atoms with Gasteiger partial charge in [0.25, 0.3) is 0 Å². The minimum Gasteiger partial charge on any atom is -0.356 e. The van der Waals surface area contributed by atoms with Gasteiger partial charge in [-0.1, -0.05) is 31.0 Å². The summed E-state index contributed by atoms with van der Waals surface area (Å²) >= 11 is 0. The van der Waals surface area contributed by atoms with Crippen molar-refractivity contribution in [1.82, 2.24) is 15.2 Å². The largest absolute Gasteiger partial charge is 0.356 e. The van der Waals surface area contributed by atoms with Gasteiger partial charge in [-0.05, 0) is 57.3 Å². The lowest BCUT2D eigenvalue weighted by Gasteiger charge is -2.30. The van der Waals surface area contributed by atoms with Crippen molar-refractivity contribution in [3.63, 3.8) is 0 Å². The van der Waals surface area contributed by atoms with Crippen LogP contribution in [0, 0.1) is 0 Å². The number of nitrogens with zero attached hydrogens (tertiary/aromatic N) is 3. The molecule has 2 aliphatic heterocycles. The molecule has 2 aromatic rings. The van der Waals surface area contributed by atoms with Crippen LogP contribution in [-0.4, -0.2) is 49.2 Å². The molecule has 0 spiro atoms. The van der Waals surface area contributed by atoms with Gasteiger partial charge in [0.1, 0.15) is 5.82 Å². The van der Waals surface area contributed by atoms with E-state index in [9.17, 15) is 0 Å². The lowest BCUT2D eigenvalue weighted by molar-refractivity contribution is 0.284. The van der Waals surface area contributed by atoms with Crippen LogP contribution >= 0.6 is 0 Å². The van der Waals surface area contributed by atoms with Gasteiger partial charge in [0.05, 0.1) is 5.52 Å². The first-order chi connectivity index (χ1) is 13.4. The number of fused-ring (bicyclic) bond motifs is 1. The molecular formula is C23H34N4. The summed E-state index contributed by atoms with van der Waals surface area (Å²) in [6.07, 6.45) is 9.49. The summed E-state index contributed by atoms with van der Waals surface area (Å²) in [4.78, 5) is 10.2. The van der Waals surface area contributed by atoms with Crippen LogP contribution in [0.5, 0.6) is 0 Å². The van der Waals surface area contributed by atoms with Crippen LogP contribution in [0.25, 0.3) is 10.9 Å². The molecule has 3 heterocycles. The van der Waals surface area contributed by atoms with Crippen molar-refractivity contribution >= 4 is 16.7 Å². The molecule has 146 valence electrons. The zero-order chi connectivity index (χ0) is 18.3. The SMILES string of the molecule is c1ccc2nc(N3CCCCC3)c(CNCCN3CCCCCC3)cc2c1. The van der Waals surface area contributed by atoms with E-state index in [1.807, 2.05) is 0 Å². The minimum absolute atomic E-state index is 0.914. The molecule has 4 nitrogen and oxygen atoms in total. The number of aromatic nitrogens is 1. The van der Waals surface area contributed by atoms with Crippen molar-refractivity contribution in [1.29, 1.82) is 0 Å². The van der Waals surface area contributed by atoms with Crippen LogP contribution in [-0.2, 0) is 6.54 Å². The standard InChI is InChI=1S/C23H34N4/c1-2-7-14-26(13-6-1)17-12-24-19-21-18-20-10-4-5-11-22(20)25-23(21)27-15-8-3-9-16-27/h4-5,10-11,18,24H,1-3,6-9,12-17,19H2. The Balaban J connectivity index is 1.42. The monoisotopic (exact) mass is 366 g/mol. The highest BCUT2D eigenvalue weighted by atomic mass is 15.2.